The molecule has 144 valence electrons. The summed E-state index contributed by atoms with van der Waals surface area (Å²) in [5.41, 5.74) is 2.56. The van der Waals surface area contributed by atoms with Crippen molar-refractivity contribution in [1.29, 1.82) is 0 Å². The number of aryl methyl sites for hydroxylation is 1. The second-order valence-corrected chi connectivity index (χ2v) is 7.96. The van der Waals surface area contributed by atoms with Crippen LogP contribution in [0.25, 0.3) is 0 Å². The molecule has 1 atom stereocenters. The van der Waals surface area contributed by atoms with Crippen LogP contribution in [-0.2, 0) is 0 Å². The number of rotatable bonds is 5. The second-order valence-electron chi connectivity index (χ2n) is 7.96. The standard InChI is InChI=1S/C21H34N4O/c1-17-8-10-18(11-9-17)20(25-14-12-24(2)13-15-25)16-22-21(26)23-19-6-4-3-5-7-19/h8-11,19-20H,3-7,12-16H2,1-2H3,(H2,22,23,26)/t20-/m0/s1. The molecule has 26 heavy (non-hydrogen) atoms. The fraction of sp³-hybridized carbons (Fsp3) is 0.667. The van der Waals surface area contributed by atoms with Crippen LogP contribution in [0.1, 0.15) is 49.3 Å². The molecule has 1 heterocycles. The average Bonchev–Trinajstić information content (AvgIpc) is 2.65. The number of benzene rings is 1. The van der Waals surface area contributed by atoms with Gasteiger partial charge in [0.15, 0.2) is 0 Å². The maximum atomic E-state index is 12.4. The van der Waals surface area contributed by atoms with Crippen LogP contribution in [0.2, 0.25) is 0 Å². The first-order valence-electron chi connectivity index (χ1n) is 10.2. The Labute approximate surface area is 158 Å². The Kier molecular flexibility index (Phi) is 6.92. The number of nitrogens with one attached hydrogen (secondary N) is 2. The van der Waals surface area contributed by atoms with Crippen LogP contribution in [0.15, 0.2) is 24.3 Å². The van der Waals surface area contributed by atoms with Gasteiger partial charge < -0.3 is 15.5 Å². The number of nitrogens with zero attached hydrogens (tertiary/aromatic N) is 2. The van der Waals surface area contributed by atoms with Gasteiger partial charge in [-0.1, -0.05) is 49.1 Å². The Hall–Kier alpha value is -1.59. The highest BCUT2D eigenvalue weighted by Crippen LogP contribution is 2.22. The summed E-state index contributed by atoms with van der Waals surface area (Å²) in [7, 11) is 2.17. The first-order valence-corrected chi connectivity index (χ1v) is 10.2. The van der Waals surface area contributed by atoms with E-state index in [1.165, 1.54) is 30.4 Å². The molecule has 2 N–H and O–H groups in total. The molecule has 0 radical (unpaired) electrons. The average molecular weight is 359 g/mol. The Morgan fingerprint density at radius 1 is 1.08 bits per heavy atom. The molecule has 1 saturated heterocycles. The summed E-state index contributed by atoms with van der Waals surface area (Å²) >= 11 is 0. The molecule has 1 aliphatic heterocycles. The van der Waals surface area contributed by atoms with E-state index in [1.807, 2.05) is 0 Å². The Bertz CT molecular complexity index is 560. The summed E-state index contributed by atoms with van der Waals surface area (Å²) in [5, 5.41) is 6.31. The van der Waals surface area contributed by atoms with Crippen molar-refractivity contribution in [2.75, 3.05) is 39.8 Å². The zero-order valence-corrected chi connectivity index (χ0v) is 16.3. The van der Waals surface area contributed by atoms with Crippen LogP contribution in [0.3, 0.4) is 0 Å². The molecule has 2 aliphatic rings. The zero-order chi connectivity index (χ0) is 18.4. The highest BCUT2D eigenvalue weighted by molar-refractivity contribution is 5.74. The van der Waals surface area contributed by atoms with Crippen LogP contribution in [0.5, 0.6) is 0 Å². The molecule has 1 aromatic carbocycles. The highest BCUT2D eigenvalue weighted by Gasteiger charge is 2.25. The van der Waals surface area contributed by atoms with Gasteiger partial charge in [0, 0.05) is 38.8 Å². The molecule has 0 spiro atoms. The van der Waals surface area contributed by atoms with Gasteiger partial charge in [0.25, 0.3) is 0 Å². The monoisotopic (exact) mass is 358 g/mol. The van der Waals surface area contributed by atoms with Gasteiger partial charge in [0.05, 0.1) is 6.04 Å². The molecule has 5 nitrogen and oxygen atoms in total. The topological polar surface area (TPSA) is 47.6 Å². The largest absolute Gasteiger partial charge is 0.336 e. The number of likely N-dealkylation sites (N-methyl/N-ethyl adjacent to an activating group) is 1. The number of hydrogen-bond donors (Lipinski definition) is 2. The Morgan fingerprint density at radius 2 is 1.73 bits per heavy atom. The normalized spacial score (nSPS) is 21.3. The van der Waals surface area contributed by atoms with Gasteiger partial charge in [0.1, 0.15) is 0 Å². The molecule has 0 aromatic heterocycles. The van der Waals surface area contributed by atoms with Crippen LogP contribution in [0.4, 0.5) is 4.79 Å². The minimum Gasteiger partial charge on any atom is -0.336 e. The predicted molar refractivity (Wildman–Crippen MR) is 106 cm³/mol. The summed E-state index contributed by atoms with van der Waals surface area (Å²) in [4.78, 5) is 17.3. The minimum atomic E-state index is -0.0110. The Balaban J connectivity index is 1.59. The van der Waals surface area contributed by atoms with E-state index in [1.54, 1.807) is 0 Å². The first-order chi connectivity index (χ1) is 12.6. The van der Waals surface area contributed by atoms with E-state index >= 15 is 0 Å². The van der Waals surface area contributed by atoms with Crippen molar-refractivity contribution in [2.24, 2.45) is 0 Å². The predicted octanol–water partition coefficient (Wildman–Crippen LogP) is 2.92. The van der Waals surface area contributed by atoms with E-state index in [0.717, 1.165) is 39.0 Å². The van der Waals surface area contributed by atoms with Crippen LogP contribution >= 0.6 is 0 Å². The van der Waals surface area contributed by atoms with Gasteiger partial charge in [0.2, 0.25) is 0 Å². The molecule has 1 aromatic rings. The number of carbonyl (C=O) groups is 1. The number of urea groups is 1. The lowest BCUT2D eigenvalue weighted by Crippen LogP contribution is -2.50. The van der Waals surface area contributed by atoms with Gasteiger partial charge >= 0.3 is 6.03 Å². The number of piperazine rings is 1. The van der Waals surface area contributed by atoms with Crippen LogP contribution in [-0.4, -0.2) is 61.6 Å². The number of carbonyl (C=O) groups excluding carboxylic acids is 1. The number of amides is 2. The van der Waals surface area contributed by atoms with E-state index in [9.17, 15) is 4.79 Å². The van der Waals surface area contributed by atoms with Crippen molar-refractivity contribution in [2.45, 2.75) is 51.1 Å². The zero-order valence-electron chi connectivity index (χ0n) is 16.3. The third-order valence-electron chi connectivity index (χ3n) is 5.84. The molecule has 2 amide bonds. The number of hydrogen-bond acceptors (Lipinski definition) is 3. The van der Waals surface area contributed by atoms with Gasteiger partial charge in [-0.3, -0.25) is 4.90 Å². The lowest BCUT2D eigenvalue weighted by Gasteiger charge is -2.38. The fourth-order valence-electron chi connectivity index (χ4n) is 4.05. The third kappa shape index (κ3) is 5.45. The Morgan fingerprint density at radius 3 is 2.38 bits per heavy atom. The molecule has 1 saturated carbocycles. The summed E-state index contributed by atoms with van der Waals surface area (Å²) in [5.74, 6) is 0. The van der Waals surface area contributed by atoms with Crippen molar-refractivity contribution in [3.63, 3.8) is 0 Å². The van der Waals surface area contributed by atoms with Crippen molar-refractivity contribution >= 4 is 6.03 Å². The van der Waals surface area contributed by atoms with Gasteiger partial charge in [-0.15, -0.1) is 0 Å². The summed E-state index contributed by atoms with van der Waals surface area (Å²) in [6.07, 6.45) is 6.01. The van der Waals surface area contributed by atoms with Gasteiger partial charge in [-0.05, 0) is 32.4 Å². The lowest BCUT2D eigenvalue weighted by molar-refractivity contribution is 0.111. The summed E-state index contributed by atoms with van der Waals surface area (Å²) in [6, 6.07) is 9.33. The quantitative estimate of drug-likeness (QED) is 0.851. The molecule has 2 fully saturated rings. The molecule has 0 unspecified atom stereocenters. The van der Waals surface area contributed by atoms with Crippen LogP contribution < -0.4 is 10.6 Å². The third-order valence-corrected chi connectivity index (χ3v) is 5.84. The summed E-state index contributed by atoms with van der Waals surface area (Å²) in [6.45, 7) is 7.02. The van der Waals surface area contributed by atoms with Gasteiger partial charge in [-0.25, -0.2) is 4.79 Å². The first kappa shape index (κ1) is 19.2. The van der Waals surface area contributed by atoms with E-state index in [0.29, 0.717) is 12.6 Å². The molecular formula is C21H34N4O. The highest BCUT2D eigenvalue weighted by atomic mass is 16.2. The van der Waals surface area contributed by atoms with E-state index in [-0.39, 0.29) is 12.1 Å². The second kappa shape index (κ2) is 9.38. The SMILES string of the molecule is Cc1ccc([C@H](CNC(=O)NC2CCCCC2)N2CCN(C)CC2)cc1. The molecular weight excluding hydrogens is 324 g/mol. The molecule has 1 aliphatic carbocycles. The maximum Gasteiger partial charge on any atom is 0.315 e. The van der Waals surface area contributed by atoms with Crippen molar-refractivity contribution in [3.8, 4) is 0 Å². The van der Waals surface area contributed by atoms with Crippen molar-refractivity contribution < 1.29 is 4.79 Å². The van der Waals surface area contributed by atoms with E-state index in [2.05, 4.69) is 58.7 Å². The van der Waals surface area contributed by atoms with Crippen molar-refractivity contribution in [3.05, 3.63) is 35.4 Å². The fourth-order valence-corrected chi connectivity index (χ4v) is 4.05. The van der Waals surface area contributed by atoms with Crippen molar-refractivity contribution in [1.82, 2.24) is 20.4 Å². The van der Waals surface area contributed by atoms with Gasteiger partial charge in [-0.2, -0.15) is 0 Å². The molecule has 3 rings (SSSR count). The summed E-state index contributed by atoms with van der Waals surface area (Å²) < 4.78 is 0. The molecule has 0 bridgehead atoms. The smallest absolute Gasteiger partial charge is 0.315 e. The molecule has 5 heteroatoms. The van der Waals surface area contributed by atoms with Crippen LogP contribution in [0, 0.1) is 6.92 Å². The lowest BCUT2D eigenvalue weighted by atomic mass is 9.96. The maximum absolute atomic E-state index is 12.4. The van der Waals surface area contributed by atoms with E-state index < -0.39 is 0 Å². The minimum absolute atomic E-state index is 0.0110. The van der Waals surface area contributed by atoms with E-state index in [4.69, 9.17) is 0 Å².